The lowest BCUT2D eigenvalue weighted by Gasteiger charge is -2.18. The topological polar surface area (TPSA) is 83.4 Å². The van der Waals surface area contributed by atoms with E-state index in [-0.39, 0.29) is 15.6 Å². The van der Waals surface area contributed by atoms with E-state index in [0.29, 0.717) is 29.3 Å². The number of hydrogen-bond acceptors (Lipinski definition) is 5. The monoisotopic (exact) mass is 302 g/mol. The highest BCUT2D eigenvalue weighted by Crippen LogP contribution is 2.22. The summed E-state index contributed by atoms with van der Waals surface area (Å²) in [5.74, 6) is 0.561. The third-order valence-electron chi connectivity index (χ3n) is 2.62. The molecule has 0 radical (unpaired) electrons. The molecule has 2 heterocycles. The van der Waals surface area contributed by atoms with Crippen LogP contribution < -0.4 is 4.87 Å². The molecule has 0 fully saturated rings. The molecule has 0 unspecified atom stereocenters. The molecule has 0 spiro atoms. The van der Waals surface area contributed by atoms with Gasteiger partial charge < -0.3 is 9.40 Å². The zero-order valence-corrected chi connectivity index (χ0v) is 12.2. The summed E-state index contributed by atoms with van der Waals surface area (Å²) in [6.45, 7) is 3.77. The highest BCUT2D eigenvalue weighted by atomic mass is 32.2. The summed E-state index contributed by atoms with van der Waals surface area (Å²) in [7, 11) is -3.68. The summed E-state index contributed by atoms with van der Waals surface area (Å²) in [6.07, 6.45) is 1.50. The number of hydrogen-bond donors (Lipinski definition) is 1. The van der Waals surface area contributed by atoms with Gasteiger partial charge in [-0.05, 0) is 19.1 Å². The van der Waals surface area contributed by atoms with Crippen LogP contribution in [-0.2, 0) is 16.6 Å². The minimum atomic E-state index is -3.68. The Bertz CT molecular complexity index is 697. The molecule has 0 aromatic carbocycles. The van der Waals surface area contributed by atoms with Crippen molar-refractivity contribution in [1.29, 1.82) is 0 Å². The van der Waals surface area contributed by atoms with Crippen LogP contribution in [0.2, 0.25) is 0 Å². The number of sulfonamides is 1. The van der Waals surface area contributed by atoms with Crippen molar-refractivity contribution in [2.24, 2.45) is 0 Å². The lowest BCUT2D eigenvalue weighted by molar-refractivity contribution is 0.376. The zero-order chi connectivity index (χ0) is 14.0. The molecule has 19 heavy (non-hydrogen) atoms. The van der Waals surface area contributed by atoms with E-state index in [9.17, 15) is 13.2 Å². The quantitative estimate of drug-likeness (QED) is 0.908. The van der Waals surface area contributed by atoms with Crippen LogP contribution in [0.1, 0.15) is 18.4 Å². The maximum atomic E-state index is 12.5. The lowest BCUT2D eigenvalue weighted by Crippen LogP contribution is -2.30. The van der Waals surface area contributed by atoms with Gasteiger partial charge in [0.15, 0.2) is 4.21 Å². The number of rotatable bonds is 5. The fourth-order valence-corrected chi connectivity index (χ4v) is 4.55. The molecule has 0 aliphatic carbocycles. The summed E-state index contributed by atoms with van der Waals surface area (Å²) in [4.78, 5) is 13.4. The molecule has 0 saturated carbocycles. The third-order valence-corrected chi connectivity index (χ3v) is 6.12. The molecular weight excluding hydrogens is 288 g/mol. The number of thiazole rings is 1. The smallest absolute Gasteiger partial charge is 0.305 e. The molecular formula is C11H14N2O4S2. The summed E-state index contributed by atoms with van der Waals surface area (Å²) in [5.41, 5.74) is 0.368. The molecule has 0 aliphatic rings. The first-order valence-electron chi connectivity index (χ1n) is 5.67. The largest absolute Gasteiger partial charge is 0.468 e. The van der Waals surface area contributed by atoms with Gasteiger partial charge in [0.1, 0.15) is 5.76 Å². The van der Waals surface area contributed by atoms with E-state index in [1.807, 2.05) is 0 Å². The van der Waals surface area contributed by atoms with E-state index < -0.39 is 10.0 Å². The van der Waals surface area contributed by atoms with Gasteiger partial charge in [0.05, 0.1) is 12.8 Å². The van der Waals surface area contributed by atoms with Gasteiger partial charge in [-0.1, -0.05) is 18.3 Å². The summed E-state index contributed by atoms with van der Waals surface area (Å²) < 4.78 is 31.4. The molecule has 0 atom stereocenters. The number of aryl methyl sites for hydroxylation is 1. The van der Waals surface area contributed by atoms with Crippen LogP contribution in [0.5, 0.6) is 0 Å². The third kappa shape index (κ3) is 2.80. The van der Waals surface area contributed by atoms with Gasteiger partial charge in [-0.25, -0.2) is 8.42 Å². The molecule has 0 bridgehead atoms. The predicted molar refractivity (Wildman–Crippen MR) is 71.7 cm³/mol. The Kier molecular flexibility index (Phi) is 3.93. The Morgan fingerprint density at radius 3 is 2.68 bits per heavy atom. The Morgan fingerprint density at radius 2 is 2.21 bits per heavy atom. The molecule has 8 heteroatoms. The van der Waals surface area contributed by atoms with E-state index in [0.717, 1.165) is 0 Å². The average Bonchev–Trinajstić information content (AvgIpc) is 2.95. The number of aromatic amines is 1. The molecule has 2 aromatic rings. The zero-order valence-electron chi connectivity index (χ0n) is 10.5. The maximum Gasteiger partial charge on any atom is 0.305 e. The second kappa shape index (κ2) is 5.32. The van der Waals surface area contributed by atoms with Crippen LogP contribution in [-0.4, -0.2) is 24.3 Å². The Morgan fingerprint density at radius 1 is 1.47 bits per heavy atom. The molecule has 6 nitrogen and oxygen atoms in total. The van der Waals surface area contributed by atoms with Gasteiger partial charge in [0.25, 0.3) is 10.0 Å². The molecule has 1 N–H and O–H groups in total. The second-order valence-corrected chi connectivity index (χ2v) is 7.05. The fourth-order valence-electron chi connectivity index (χ4n) is 1.70. The second-order valence-electron chi connectivity index (χ2n) is 3.94. The van der Waals surface area contributed by atoms with Crippen molar-refractivity contribution in [2.75, 3.05) is 6.54 Å². The average molecular weight is 302 g/mol. The van der Waals surface area contributed by atoms with Crippen molar-refractivity contribution in [3.63, 3.8) is 0 Å². The number of aromatic nitrogens is 1. The van der Waals surface area contributed by atoms with Gasteiger partial charge in [-0.15, -0.1) is 0 Å². The molecule has 0 amide bonds. The normalized spacial score (nSPS) is 12.2. The highest BCUT2D eigenvalue weighted by molar-refractivity contribution is 7.91. The van der Waals surface area contributed by atoms with Gasteiger partial charge in [-0.2, -0.15) is 4.31 Å². The van der Waals surface area contributed by atoms with Crippen molar-refractivity contribution >= 4 is 21.4 Å². The summed E-state index contributed by atoms with van der Waals surface area (Å²) in [5, 5.41) is 0. The molecule has 104 valence electrons. The van der Waals surface area contributed by atoms with E-state index in [1.165, 1.54) is 10.6 Å². The molecule has 0 aliphatic heterocycles. The summed E-state index contributed by atoms with van der Waals surface area (Å²) in [6, 6.07) is 3.42. The van der Waals surface area contributed by atoms with Crippen LogP contribution in [0.4, 0.5) is 0 Å². The van der Waals surface area contributed by atoms with Crippen molar-refractivity contribution in [3.05, 3.63) is 39.5 Å². The Hall–Kier alpha value is -1.38. The first kappa shape index (κ1) is 14.0. The van der Waals surface area contributed by atoms with Crippen molar-refractivity contribution < 1.29 is 12.8 Å². The van der Waals surface area contributed by atoms with Crippen LogP contribution in [0.25, 0.3) is 0 Å². The lowest BCUT2D eigenvalue weighted by atomic mass is 10.4. The fraction of sp³-hybridized carbons (Fsp3) is 0.364. The SMILES string of the molecule is CCN(Cc1ccco1)S(=O)(=O)c1sc(=O)[nH]c1C. The number of furan rings is 1. The predicted octanol–water partition coefficient (Wildman–Crippen LogP) is 1.55. The van der Waals surface area contributed by atoms with Crippen molar-refractivity contribution in [3.8, 4) is 0 Å². The number of H-pyrrole nitrogens is 1. The van der Waals surface area contributed by atoms with Crippen LogP contribution in [0.15, 0.2) is 31.8 Å². The van der Waals surface area contributed by atoms with E-state index in [4.69, 9.17) is 4.42 Å². The first-order chi connectivity index (χ1) is 8.95. The van der Waals surface area contributed by atoms with E-state index in [2.05, 4.69) is 4.98 Å². The van der Waals surface area contributed by atoms with E-state index in [1.54, 1.807) is 26.0 Å². The van der Waals surface area contributed by atoms with Gasteiger partial charge in [0.2, 0.25) is 0 Å². The Labute approximate surface area is 114 Å². The van der Waals surface area contributed by atoms with Crippen molar-refractivity contribution in [1.82, 2.24) is 9.29 Å². The minimum Gasteiger partial charge on any atom is -0.468 e. The van der Waals surface area contributed by atoms with E-state index >= 15 is 0 Å². The molecule has 2 rings (SSSR count). The van der Waals surface area contributed by atoms with Gasteiger partial charge in [0, 0.05) is 12.2 Å². The van der Waals surface area contributed by atoms with Crippen LogP contribution in [0.3, 0.4) is 0 Å². The van der Waals surface area contributed by atoms with Gasteiger partial charge in [-0.3, -0.25) is 4.79 Å². The molecule has 2 aromatic heterocycles. The van der Waals surface area contributed by atoms with Gasteiger partial charge >= 0.3 is 4.87 Å². The summed E-state index contributed by atoms with van der Waals surface area (Å²) >= 11 is 0.706. The first-order valence-corrected chi connectivity index (χ1v) is 7.93. The van der Waals surface area contributed by atoms with Crippen LogP contribution in [0, 0.1) is 6.92 Å². The van der Waals surface area contributed by atoms with Crippen LogP contribution >= 0.6 is 11.3 Å². The van der Waals surface area contributed by atoms with Crippen molar-refractivity contribution in [2.45, 2.75) is 24.6 Å². The number of nitrogens with one attached hydrogen (secondary N) is 1. The highest BCUT2D eigenvalue weighted by Gasteiger charge is 2.28. The Balaban J connectivity index is 2.36. The minimum absolute atomic E-state index is 0.0610. The number of nitrogens with zero attached hydrogens (tertiary/aromatic N) is 1. The standard InChI is InChI=1S/C11H14N2O4S2/c1-3-13(7-9-5-4-6-17-9)19(15,16)10-8(2)12-11(14)18-10/h4-6H,3,7H2,1-2H3,(H,12,14). The molecule has 0 saturated heterocycles. The maximum absolute atomic E-state index is 12.5.